The molecule has 23 heavy (non-hydrogen) atoms. The average molecular weight is 336 g/mol. The number of halogens is 1. The van der Waals surface area contributed by atoms with Crippen molar-refractivity contribution in [1.29, 1.82) is 0 Å². The zero-order valence-corrected chi connectivity index (χ0v) is 13.5. The standard InChI is InChI=1S/C16H17FN2O3S/c1-9-6-13(23-14(9)16(22)18-10(2)8-20)19-15(21)11-4-3-5-12(17)7-11/h3-7,10,20H,8H2,1-2H3,(H,18,22)(H,19,21). The van der Waals surface area contributed by atoms with Crippen LogP contribution >= 0.6 is 11.3 Å². The highest BCUT2D eigenvalue weighted by Crippen LogP contribution is 2.27. The molecule has 0 aliphatic rings. The maximum atomic E-state index is 13.1. The van der Waals surface area contributed by atoms with Crippen LogP contribution < -0.4 is 10.6 Å². The number of hydrogen-bond donors (Lipinski definition) is 3. The van der Waals surface area contributed by atoms with Gasteiger partial charge in [-0.2, -0.15) is 0 Å². The Kier molecular flexibility index (Phi) is 5.46. The zero-order chi connectivity index (χ0) is 17.0. The third-order valence-electron chi connectivity index (χ3n) is 3.10. The topological polar surface area (TPSA) is 78.4 Å². The lowest BCUT2D eigenvalue weighted by atomic mass is 10.2. The molecule has 0 aliphatic heterocycles. The minimum Gasteiger partial charge on any atom is -0.394 e. The highest BCUT2D eigenvalue weighted by molar-refractivity contribution is 7.18. The van der Waals surface area contributed by atoms with Crippen molar-refractivity contribution in [3.63, 3.8) is 0 Å². The first-order valence-corrected chi connectivity index (χ1v) is 7.81. The average Bonchev–Trinajstić information content (AvgIpc) is 2.87. The molecule has 0 aliphatic carbocycles. The normalized spacial score (nSPS) is 11.8. The van der Waals surface area contributed by atoms with Gasteiger partial charge in [0, 0.05) is 11.6 Å². The molecule has 1 aromatic heterocycles. The van der Waals surface area contributed by atoms with E-state index in [0.717, 1.165) is 17.4 Å². The minimum atomic E-state index is -0.488. The minimum absolute atomic E-state index is 0.153. The van der Waals surface area contributed by atoms with Crippen molar-refractivity contribution in [3.05, 3.63) is 52.2 Å². The van der Waals surface area contributed by atoms with Gasteiger partial charge in [0.1, 0.15) is 5.82 Å². The Morgan fingerprint density at radius 3 is 2.70 bits per heavy atom. The number of anilines is 1. The van der Waals surface area contributed by atoms with E-state index in [1.807, 2.05) is 0 Å². The molecule has 0 saturated heterocycles. The largest absolute Gasteiger partial charge is 0.394 e. The molecule has 7 heteroatoms. The lowest BCUT2D eigenvalue weighted by Crippen LogP contribution is -2.34. The Morgan fingerprint density at radius 2 is 2.04 bits per heavy atom. The number of aryl methyl sites for hydroxylation is 1. The van der Waals surface area contributed by atoms with E-state index in [9.17, 15) is 14.0 Å². The van der Waals surface area contributed by atoms with Crippen molar-refractivity contribution in [2.75, 3.05) is 11.9 Å². The molecule has 1 heterocycles. The molecule has 122 valence electrons. The van der Waals surface area contributed by atoms with Crippen molar-refractivity contribution in [1.82, 2.24) is 5.32 Å². The molecule has 2 aromatic rings. The summed E-state index contributed by atoms with van der Waals surface area (Å²) in [6.07, 6.45) is 0. The first kappa shape index (κ1) is 17.1. The molecule has 1 atom stereocenters. The van der Waals surface area contributed by atoms with Crippen LogP contribution in [0.15, 0.2) is 30.3 Å². The first-order valence-electron chi connectivity index (χ1n) is 6.99. The molecule has 0 fully saturated rings. The van der Waals surface area contributed by atoms with Gasteiger partial charge in [0.25, 0.3) is 11.8 Å². The van der Waals surface area contributed by atoms with Crippen molar-refractivity contribution in [3.8, 4) is 0 Å². The maximum Gasteiger partial charge on any atom is 0.261 e. The Bertz CT molecular complexity index is 730. The van der Waals surface area contributed by atoms with Gasteiger partial charge in [0.05, 0.1) is 16.5 Å². The Labute approximate surface area is 137 Å². The van der Waals surface area contributed by atoms with E-state index in [4.69, 9.17) is 5.11 Å². The van der Waals surface area contributed by atoms with E-state index < -0.39 is 11.7 Å². The van der Waals surface area contributed by atoms with Gasteiger partial charge in [-0.15, -0.1) is 11.3 Å². The smallest absolute Gasteiger partial charge is 0.261 e. The van der Waals surface area contributed by atoms with E-state index in [1.54, 1.807) is 19.9 Å². The summed E-state index contributed by atoms with van der Waals surface area (Å²) in [7, 11) is 0. The molecule has 0 spiro atoms. The number of hydrogen-bond acceptors (Lipinski definition) is 4. The van der Waals surface area contributed by atoms with Crippen LogP contribution in [0.25, 0.3) is 0 Å². The number of amides is 2. The summed E-state index contributed by atoms with van der Waals surface area (Å²) in [5.74, 6) is -1.24. The van der Waals surface area contributed by atoms with Gasteiger partial charge in [0.2, 0.25) is 0 Å². The van der Waals surface area contributed by atoms with Crippen LogP contribution in [-0.4, -0.2) is 29.6 Å². The first-order chi connectivity index (χ1) is 10.9. The molecule has 1 aromatic carbocycles. The van der Waals surface area contributed by atoms with Gasteiger partial charge < -0.3 is 15.7 Å². The number of aliphatic hydroxyl groups excluding tert-OH is 1. The summed E-state index contributed by atoms with van der Waals surface area (Å²) in [6.45, 7) is 3.29. The fraction of sp³-hybridized carbons (Fsp3) is 0.250. The summed E-state index contributed by atoms with van der Waals surface area (Å²) in [4.78, 5) is 24.6. The van der Waals surface area contributed by atoms with Crippen LogP contribution in [0.5, 0.6) is 0 Å². The van der Waals surface area contributed by atoms with Crippen molar-refractivity contribution >= 4 is 28.2 Å². The van der Waals surface area contributed by atoms with Gasteiger partial charge in [-0.3, -0.25) is 9.59 Å². The second kappa shape index (κ2) is 7.34. The Hall–Kier alpha value is -2.25. The van der Waals surface area contributed by atoms with Crippen LogP contribution in [0.2, 0.25) is 0 Å². The van der Waals surface area contributed by atoms with E-state index in [1.165, 1.54) is 18.2 Å². The molecule has 0 radical (unpaired) electrons. The van der Waals surface area contributed by atoms with Gasteiger partial charge in [-0.1, -0.05) is 6.07 Å². The maximum absolute atomic E-state index is 13.1. The number of carbonyl (C=O) groups excluding carboxylic acids is 2. The number of rotatable bonds is 5. The molecule has 2 amide bonds. The van der Waals surface area contributed by atoms with Crippen LogP contribution in [-0.2, 0) is 0 Å². The summed E-state index contributed by atoms with van der Waals surface area (Å²) in [5, 5.41) is 14.8. The number of carbonyl (C=O) groups is 2. The quantitative estimate of drug-likeness (QED) is 0.785. The van der Waals surface area contributed by atoms with Crippen molar-refractivity contribution in [2.45, 2.75) is 19.9 Å². The van der Waals surface area contributed by atoms with E-state index in [-0.39, 0.29) is 24.1 Å². The van der Waals surface area contributed by atoms with E-state index in [2.05, 4.69) is 10.6 Å². The molecule has 1 unspecified atom stereocenters. The molecular weight excluding hydrogens is 319 g/mol. The molecular formula is C16H17FN2O3S. The molecule has 0 saturated carbocycles. The highest BCUT2D eigenvalue weighted by atomic mass is 32.1. The molecule has 0 bridgehead atoms. The van der Waals surface area contributed by atoms with Gasteiger partial charge in [-0.05, 0) is 43.7 Å². The lowest BCUT2D eigenvalue weighted by Gasteiger charge is -2.09. The van der Waals surface area contributed by atoms with E-state index in [0.29, 0.717) is 15.4 Å². The molecule has 2 rings (SSSR count). The van der Waals surface area contributed by atoms with Gasteiger partial charge in [0.15, 0.2) is 0 Å². The van der Waals surface area contributed by atoms with Crippen molar-refractivity contribution in [2.24, 2.45) is 0 Å². The van der Waals surface area contributed by atoms with Crippen LogP contribution in [0.1, 0.15) is 32.5 Å². The fourth-order valence-electron chi connectivity index (χ4n) is 1.92. The highest BCUT2D eigenvalue weighted by Gasteiger charge is 2.17. The SMILES string of the molecule is Cc1cc(NC(=O)c2cccc(F)c2)sc1C(=O)NC(C)CO. The third-order valence-corrected chi connectivity index (χ3v) is 4.25. The summed E-state index contributed by atoms with van der Waals surface area (Å²) in [6, 6.07) is 6.70. The Morgan fingerprint density at radius 1 is 1.30 bits per heavy atom. The molecule has 3 N–H and O–H groups in total. The van der Waals surface area contributed by atoms with Gasteiger partial charge >= 0.3 is 0 Å². The molecule has 5 nitrogen and oxygen atoms in total. The zero-order valence-electron chi connectivity index (χ0n) is 12.7. The van der Waals surface area contributed by atoms with Crippen molar-refractivity contribution < 1.29 is 19.1 Å². The Balaban J connectivity index is 2.12. The number of benzene rings is 1. The fourth-order valence-corrected chi connectivity index (χ4v) is 2.89. The second-order valence-electron chi connectivity index (χ2n) is 5.14. The summed E-state index contributed by atoms with van der Waals surface area (Å²) < 4.78 is 13.1. The summed E-state index contributed by atoms with van der Waals surface area (Å²) >= 11 is 1.13. The number of nitrogens with one attached hydrogen (secondary N) is 2. The predicted molar refractivity (Wildman–Crippen MR) is 87.4 cm³/mol. The third kappa shape index (κ3) is 4.37. The summed E-state index contributed by atoms with van der Waals surface area (Å²) in [5.41, 5.74) is 0.920. The predicted octanol–water partition coefficient (Wildman–Crippen LogP) is 2.56. The van der Waals surface area contributed by atoms with Crippen LogP contribution in [0, 0.1) is 12.7 Å². The van der Waals surface area contributed by atoms with E-state index >= 15 is 0 Å². The van der Waals surface area contributed by atoms with Crippen LogP contribution in [0.4, 0.5) is 9.39 Å². The van der Waals surface area contributed by atoms with Gasteiger partial charge in [-0.25, -0.2) is 4.39 Å². The second-order valence-corrected chi connectivity index (χ2v) is 6.20. The number of thiophene rings is 1. The lowest BCUT2D eigenvalue weighted by molar-refractivity contribution is 0.0925. The van der Waals surface area contributed by atoms with Crippen LogP contribution in [0.3, 0.4) is 0 Å². The monoisotopic (exact) mass is 336 g/mol. The number of aliphatic hydroxyl groups is 1.